The van der Waals surface area contributed by atoms with Gasteiger partial charge in [-0.05, 0) is 53.3 Å². The first-order valence-electron chi connectivity index (χ1n) is 13.5. The molecule has 1 aromatic rings. The Hall–Kier alpha value is -1.54. The first-order valence-corrected chi connectivity index (χ1v) is 16.0. The van der Waals surface area contributed by atoms with Gasteiger partial charge in [-0.3, -0.25) is 0 Å². The monoisotopic (exact) mass is 464 g/mol. The molecule has 2 aliphatic rings. The number of fused-ring (bicyclic) bond motifs is 1. The quantitative estimate of drug-likeness (QED) is 0.249. The number of unbranched alkanes of at least 4 members (excludes halogenated alkanes) is 1. The maximum absolute atomic E-state index is 6.60. The van der Waals surface area contributed by atoms with Crippen molar-refractivity contribution in [3.63, 3.8) is 0 Å². The topological polar surface area (TPSA) is 9.23 Å². The molecule has 33 heavy (non-hydrogen) atoms. The van der Waals surface area contributed by atoms with E-state index in [1.165, 1.54) is 61.1 Å². The first kappa shape index (κ1) is 26.1. The highest BCUT2D eigenvalue weighted by molar-refractivity contribution is 6.94. The van der Waals surface area contributed by atoms with Crippen LogP contribution in [0, 0.1) is 18.8 Å². The molecule has 1 saturated carbocycles. The van der Waals surface area contributed by atoms with Crippen molar-refractivity contribution < 1.29 is 4.74 Å². The standard InChI is InChI=1S/C31H48OSi/c1-9-13-16-25-22-24-17-14-15-18-26(24)30(25)33(11-3,12-4)28-21-23(5)20-27(31(6,7)8)29(28)32-19-10-2/h10,14-15,18,20-21,24-25,30H,2,9,11-13,16-17,19,22H2,1,3-8H3. The smallest absolute Gasteiger partial charge is 0.122 e. The minimum atomic E-state index is -1.91. The molecule has 0 bridgehead atoms. The number of allylic oxidation sites excluding steroid dienone is 4. The summed E-state index contributed by atoms with van der Waals surface area (Å²) < 4.78 is 6.60. The van der Waals surface area contributed by atoms with Gasteiger partial charge in [-0.15, -0.1) is 0 Å². The van der Waals surface area contributed by atoms with E-state index in [1.807, 2.05) is 6.08 Å². The largest absolute Gasteiger partial charge is 0.489 e. The zero-order valence-electron chi connectivity index (χ0n) is 22.5. The lowest BCUT2D eigenvalue weighted by Gasteiger charge is -2.43. The Morgan fingerprint density at radius 3 is 2.48 bits per heavy atom. The molecule has 0 heterocycles. The average Bonchev–Trinajstić information content (AvgIpc) is 3.16. The minimum Gasteiger partial charge on any atom is -0.489 e. The van der Waals surface area contributed by atoms with Crippen LogP contribution >= 0.6 is 0 Å². The number of rotatable bonds is 10. The van der Waals surface area contributed by atoms with Crippen LogP contribution in [-0.2, 0) is 5.41 Å². The van der Waals surface area contributed by atoms with Crippen molar-refractivity contribution in [1.29, 1.82) is 0 Å². The van der Waals surface area contributed by atoms with Gasteiger partial charge in [0.25, 0.3) is 0 Å². The number of hydrogen-bond donors (Lipinski definition) is 0. The van der Waals surface area contributed by atoms with Crippen molar-refractivity contribution in [1.82, 2.24) is 0 Å². The summed E-state index contributed by atoms with van der Waals surface area (Å²) in [5.41, 5.74) is 5.32. The highest BCUT2D eigenvalue weighted by Crippen LogP contribution is 2.56. The average molecular weight is 465 g/mol. The summed E-state index contributed by atoms with van der Waals surface area (Å²) in [5.74, 6) is 2.77. The lowest BCUT2D eigenvalue weighted by atomic mass is 9.85. The molecule has 1 nitrogen and oxygen atoms in total. The van der Waals surface area contributed by atoms with Crippen molar-refractivity contribution in [2.24, 2.45) is 11.8 Å². The van der Waals surface area contributed by atoms with E-state index in [2.05, 4.69) is 85.4 Å². The maximum atomic E-state index is 6.60. The molecule has 0 N–H and O–H groups in total. The molecule has 3 rings (SSSR count). The zero-order chi connectivity index (χ0) is 24.2. The minimum absolute atomic E-state index is 0.0472. The van der Waals surface area contributed by atoms with Crippen molar-refractivity contribution in [3.05, 3.63) is 59.7 Å². The molecule has 1 aromatic carbocycles. The van der Waals surface area contributed by atoms with E-state index < -0.39 is 8.07 Å². The molecule has 0 saturated heterocycles. The maximum Gasteiger partial charge on any atom is 0.122 e. The first-order chi connectivity index (χ1) is 15.7. The van der Waals surface area contributed by atoms with Crippen LogP contribution in [0.2, 0.25) is 17.6 Å². The SMILES string of the molecule is C=CCOc1c(C(C)(C)C)cc(C)cc1[Si](CC)(CC)C1C2=CC=CCC2CC1CCCC. The fraction of sp³-hybridized carbons (Fsp3) is 0.613. The van der Waals surface area contributed by atoms with Crippen LogP contribution in [0.15, 0.2) is 48.6 Å². The fourth-order valence-electron chi connectivity index (χ4n) is 6.81. The second kappa shape index (κ2) is 10.8. The summed E-state index contributed by atoms with van der Waals surface area (Å²) >= 11 is 0. The van der Waals surface area contributed by atoms with E-state index in [-0.39, 0.29) is 5.41 Å². The Morgan fingerprint density at radius 1 is 1.15 bits per heavy atom. The molecule has 0 spiro atoms. The van der Waals surface area contributed by atoms with Crippen LogP contribution in [-0.4, -0.2) is 14.7 Å². The number of hydrogen-bond acceptors (Lipinski definition) is 1. The van der Waals surface area contributed by atoms with Gasteiger partial charge in [-0.25, -0.2) is 0 Å². The van der Waals surface area contributed by atoms with Crippen molar-refractivity contribution in [2.75, 3.05) is 6.61 Å². The van der Waals surface area contributed by atoms with E-state index in [0.29, 0.717) is 6.61 Å². The van der Waals surface area contributed by atoms with Crippen LogP contribution in [0.25, 0.3) is 0 Å². The Bertz CT molecular complexity index is 881. The lowest BCUT2D eigenvalue weighted by Crippen LogP contribution is -2.53. The van der Waals surface area contributed by atoms with Gasteiger partial charge < -0.3 is 4.74 Å². The molecular formula is C31H48OSi. The van der Waals surface area contributed by atoms with Gasteiger partial charge in [0.15, 0.2) is 0 Å². The third-order valence-corrected chi connectivity index (χ3v) is 14.4. The van der Waals surface area contributed by atoms with Gasteiger partial charge in [0.05, 0.1) is 8.07 Å². The Labute approximate surface area is 205 Å². The fourth-order valence-corrected chi connectivity index (χ4v) is 12.6. The van der Waals surface area contributed by atoms with E-state index in [1.54, 1.807) is 10.8 Å². The Balaban J connectivity index is 2.27. The van der Waals surface area contributed by atoms with Gasteiger partial charge in [-0.1, -0.05) is 127 Å². The number of aryl methyl sites for hydroxylation is 1. The van der Waals surface area contributed by atoms with Gasteiger partial charge in [0, 0.05) is 0 Å². The van der Waals surface area contributed by atoms with E-state index in [0.717, 1.165) is 17.4 Å². The number of ether oxygens (including phenoxy) is 1. The van der Waals surface area contributed by atoms with Crippen molar-refractivity contribution in [3.8, 4) is 5.75 Å². The second-order valence-electron chi connectivity index (χ2n) is 11.5. The van der Waals surface area contributed by atoms with E-state index in [4.69, 9.17) is 4.74 Å². The zero-order valence-corrected chi connectivity index (χ0v) is 23.5. The van der Waals surface area contributed by atoms with Crippen molar-refractivity contribution >= 4 is 13.3 Å². The lowest BCUT2D eigenvalue weighted by molar-refractivity contribution is 0.353. The Kier molecular flexibility index (Phi) is 8.54. The van der Waals surface area contributed by atoms with Gasteiger partial charge >= 0.3 is 0 Å². The molecule has 182 valence electrons. The molecule has 1 fully saturated rings. The van der Waals surface area contributed by atoms with E-state index in [9.17, 15) is 0 Å². The normalized spacial score (nSPS) is 22.8. The van der Waals surface area contributed by atoms with Gasteiger partial charge in [-0.2, -0.15) is 0 Å². The summed E-state index contributed by atoms with van der Waals surface area (Å²) in [6.07, 6.45) is 15.8. The molecule has 2 aliphatic carbocycles. The summed E-state index contributed by atoms with van der Waals surface area (Å²) in [6.45, 7) is 21.1. The second-order valence-corrected chi connectivity index (χ2v) is 16.4. The molecule has 0 radical (unpaired) electrons. The molecule has 0 amide bonds. The Morgan fingerprint density at radius 2 is 1.88 bits per heavy atom. The highest BCUT2D eigenvalue weighted by Gasteiger charge is 2.52. The number of benzene rings is 1. The molecule has 3 atom stereocenters. The van der Waals surface area contributed by atoms with Crippen LogP contribution in [0.3, 0.4) is 0 Å². The summed E-state index contributed by atoms with van der Waals surface area (Å²) in [7, 11) is -1.91. The van der Waals surface area contributed by atoms with Crippen LogP contribution in [0.4, 0.5) is 0 Å². The molecule has 0 aliphatic heterocycles. The summed E-state index contributed by atoms with van der Waals surface area (Å²) in [4.78, 5) is 0. The van der Waals surface area contributed by atoms with Crippen molar-refractivity contribution in [2.45, 2.75) is 104 Å². The predicted molar refractivity (Wildman–Crippen MR) is 149 cm³/mol. The molecule has 3 unspecified atom stereocenters. The predicted octanol–water partition coefficient (Wildman–Crippen LogP) is 8.64. The summed E-state index contributed by atoms with van der Waals surface area (Å²) in [5, 5.41) is 1.59. The van der Waals surface area contributed by atoms with Crippen LogP contribution in [0.5, 0.6) is 5.75 Å². The van der Waals surface area contributed by atoms with Crippen LogP contribution < -0.4 is 9.92 Å². The highest BCUT2D eigenvalue weighted by atomic mass is 28.3. The summed E-state index contributed by atoms with van der Waals surface area (Å²) in [6, 6.07) is 7.46. The third-order valence-electron chi connectivity index (χ3n) is 8.44. The molecule has 0 aromatic heterocycles. The molecular weight excluding hydrogens is 416 g/mol. The van der Waals surface area contributed by atoms with E-state index >= 15 is 0 Å². The van der Waals surface area contributed by atoms with Gasteiger partial charge in [0.1, 0.15) is 12.4 Å². The van der Waals surface area contributed by atoms with Gasteiger partial charge in [0.2, 0.25) is 0 Å². The molecule has 2 heteroatoms. The van der Waals surface area contributed by atoms with Crippen LogP contribution in [0.1, 0.15) is 84.8 Å². The third kappa shape index (κ3) is 5.11.